The van der Waals surface area contributed by atoms with Crippen LogP contribution >= 0.6 is 16.5 Å². The van der Waals surface area contributed by atoms with E-state index in [1.807, 2.05) is 38.0 Å². The number of hydrogen-bond donors (Lipinski definition) is 0. The van der Waals surface area contributed by atoms with Crippen molar-refractivity contribution in [1.82, 2.24) is 19.6 Å². The van der Waals surface area contributed by atoms with Crippen LogP contribution in [0.5, 0.6) is 0 Å². The van der Waals surface area contributed by atoms with Gasteiger partial charge in [-0.2, -0.15) is 0 Å². The summed E-state index contributed by atoms with van der Waals surface area (Å²) < 4.78 is 46.7. The number of nitrogens with zero attached hydrogens (tertiary/aromatic N) is 4. The van der Waals surface area contributed by atoms with E-state index in [1.54, 1.807) is 28.2 Å². The first kappa shape index (κ1) is 41.7. The second kappa shape index (κ2) is 27.8. The normalized spacial score (nSPS) is 12.1. The molecule has 0 unspecified atom stereocenters. The number of rotatable bonds is 16. The van der Waals surface area contributed by atoms with Crippen LogP contribution in [0.1, 0.15) is 20.3 Å². The molecule has 0 aromatic carbocycles. The molecule has 0 radical (unpaired) electrons. The van der Waals surface area contributed by atoms with E-state index in [2.05, 4.69) is 0 Å². The van der Waals surface area contributed by atoms with Gasteiger partial charge >= 0.3 is 195 Å². The van der Waals surface area contributed by atoms with Crippen molar-refractivity contribution in [1.29, 1.82) is 0 Å². The van der Waals surface area contributed by atoms with E-state index < -0.39 is 16.5 Å². The van der Waals surface area contributed by atoms with Gasteiger partial charge in [0.2, 0.25) is 0 Å². The number of carbonyl (C=O) groups excluding carboxylic acids is 2. The maximum absolute atomic E-state index is 11.2. The van der Waals surface area contributed by atoms with Gasteiger partial charge in [0, 0.05) is 13.2 Å². The van der Waals surface area contributed by atoms with E-state index in [4.69, 9.17) is 22.8 Å². The summed E-state index contributed by atoms with van der Waals surface area (Å²) in [5.74, 6) is -0.552. The molecular weight excluding hydrogens is 536 g/mol. The Bertz CT molecular complexity index is 576. The van der Waals surface area contributed by atoms with Crippen molar-refractivity contribution in [2.75, 3.05) is 109 Å². The minimum atomic E-state index is -1.85. The summed E-state index contributed by atoms with van der Waals surface area (Å²) in [4.78, 5) is 29.0. The average Bonchev–Trinajstić information content (AvgIpc) is 3.43. The van der Waals surface area contributed by atoms with E-state index in [-0.39, 0.29) is 32.5 Å². The molecule has 1 aliphatic heterocycles. The Morgan fingerprint density at radius 1 is 0.684 bits per heavy atom. The van der Waals surface area contributed by atoms with Crippen molar-refractivity contribution in [3.05, 3.63) is 0 Å². The van der Waals surface area contributed by atoms with Crippen LogP contribution in [0.25, 0.3) is 0 Å². The molecule has 2 amide bonds. The number of ether oxygens (including phenoxy) is 1. The Morgan fingerprint density at radius 3 is 1.26 bits per heavy atom. The van der Waals surface area contributed by atoms with E-state index in [1.165, 1.54) is 22.6 Å². The van der Waals surface area contributed by atoms with Gasteiger partial charge in [0.1, 0.15) is 0 Å². The molecule has 0 aliphatic carbocycles. The van der Waals surface area contributed by atoms with Gasteiger partial charge in [-0.3, -0.25) is 0 Å². The molecule has 0 aromatic heterocycles. The molecule has 0 spiro atoms. The molecule has 1 rings (SSSR count). The molecular formula is C21H48B2N4O9P2. The fourth-order valence-electron chi connectivity index (χ4n) is 1.83. The predicted molar refractivity (Wildman–Crippen MR) is 152 cm³/mol. The van der Waals surface area contributed by atoms with Crippen LogP contribution in [-0.4, -0.2) is 154 Å². The van der Waals surface area contributed by atoms with Crippen molar-refractivity contribution in [2.45, 2.75) is 20.3 Å². The molecule has 1 heterocycles. The van der Waals surface area contributed by atoms with E-state index in [0.29, 0.717) is 20.1 Å². The minimum absolute atomic E-state index is 0. The Kier molecular flexibility index (Phi) is 30.5. The Balaban J connectivity index is -0.000000533. The molecule has 1 aliphatic rings. The molecule has 0 bridgehead atoms. The van der Waals surface area contributed by atoms with Crippen molar-refractivity contribution in [3.63, 3.8) is 0 Å². The summed E-state index contributed by atoms with van der Waals surface area (Å²) in [5, 5.41) is 0. The molecule has 0 saturated carbocycles. The molecule has 17 heteroatoms. The third-order valence-corrected chi connectivity index (χ3v) is 6.13. The van der Waals surface area contributed by atoms with E-state index in [9.17, 15) is 19.0 Å². The van der Waals surface area contributed by atoms with Crippen molar-refractivity contribution in [2.24, 2.45) is 0 Å². The predicted octanol–water partition coefficient (Wildman–Crippen LogP) is 1.32. The molecule has 222 valence electrons. The van der Waals surface area contributed by atoms with Gasteiger partial charge in [-0.15, -0.1) is 0 Å². The molecule has 1 fully saturated rings. The fourth-order valence-corrected chi connectivity index (χ4v) is 3.22. The summed E-state index contributed by atoms with van der Waals surface area (Å²) in [6, 6.07) is 0. The van der Waals surface area contributed by atoms with Gasteiger partial charge in [0.15, 0.2) is 0 Å². The van der Waals surface area contributed by atoms with Crippen LogP contribution in [0, 0.1) is 0 Å². The monoisotopic (exact) mass is 584 g/mol. The number of likely N-dealkylation sites (N-methyl/N-ethyl adjacent to an activating group) is 4. The quantitative estimate of drug-likeness (QED) is 0.193. The first-order chi connectivity index (χ1) is 17.4. The Labute approximate surface area is 233 Å². The first-order valence-electron chi connectivity index (χ1n) is 11.7. The van der Waals surface area contributed by atoms with Crippen LogP contribution in [0.2, 0.25) is 0 Å². The first-order valence-corrected chi connectivity index (χ1v) is 14.2. The Morgan fingerprint density at radius 2 is 1.03 bits per heavy atom. The second-order valence-electron chi connectivity index (χ2n) is 8.50. The molecule has 0 atom stereocenters. The summed E-state index contributed by atoms with van der Waals surface area (Å²) in [6.07, 6.45) is 2.56. The van der Waals surface area contributed by atoms with Gasteiger partial charge in [-0.05, 0) is 12.8 Å². The van der Waals surface area contributed by atoms with E-state index in [0.717, 1.165) is 33.2 Å². The van der Waals surface area contributed by atoms with Crippen LogP contribution in [0.15, 0.2) is 0 Å². The van der Waals surface area contributed by atoms with Gasteiger partial charge in [-0.25, -0.2) is 0 Å². The fraction of sp³-hybridized carbons (Fsp3) is 0.905. The Hall–Kier alpha value is -0.750. The molecule has 1 saturated heterocycles. The maximum atomic E-state index is 11.2. The average molecular weight is 584 g/mol. The summed E-state index contributed by atoms with van der Waals surface area (Å²) in [7, 11) is 10.9. The van der Waals surface area contributed by atoms with Crippen LogP contribution in [-0.2, 0) is 41.8 Å². The molecule has 13 nitrogen and oxygen atoms in total. The number of carbonyl (C=O) groups is 2. The van der Waals surface area contributed by atoms with Crippen molar-refractivity contribution < 1.29 is 41.8 Å². The van der Waals surface area contributed by atoms with Crippen LogP contribution in [0.3, 0.4) is 0 Å². The van der Waals surface area contributed by atoms with Gasteiger partial charge in [0.05, 0.1) is 0 Å². The topological polar surface area (TPSA) is 127 Å². The van der Waals surface area contributed by atoms with Crippen LogP contribution < -0.4 is 0 Å². The zero-order valence-electron chi connectivity index (χ0n) is 23.6. The van der Waals surface area contributed by atoms with Crippen molar-refractivity contribution in [3.8, 4) is 0 Å². The van der Waals surface area contributed by atoms with E-state index >= 15 is 0 Å². The van der Waals surface area contributed by atoms with Gasteiger partial charge in [0.25, 0.3) is 0 Å². The van der Waals surface area contributed by atoms with Gasteiger partial charge < -0.3 is 4.74 Å². The SMILES string of the molecule is C.C1CCOC1.CN(C)C(=O)COP(B=O)OCC(=O)N(C)C.CN(C)CCOP(B=O)OCCN(C)C. The summed E-state index contributed by atoms with van der Waals surface area (Å²) in [6.45, 7) is 5.37. The zero-order chi connectivity index (χ0) is 28.6. The third kappa shape index (κ3) is 28.3. The third-order valence-electron chi connectivity index (χ3n) is 4.14. The molecule has 38 heavy (non-hydrogen) atoms. The second-order valence-corrected chi connectivity index (χ2v) is 11.1. The van der Waals surface area contributed by atoms with Crippen molar-refractivity contribution >= 4 is 42.1 Å². The number of hydrogen-bond acceptors (Lipinski definition) is 11. The summed E-state index contributed by atoms with van der Waals surface area (Å²) in [5.41, 5.74) is 0. The van der Waals surface area contributed by atoms with Crippen LogP contribution in [0.4, 0.5) is 0 Å². The molecule has 0 aromatic rings. The molecule has 0 N–H and O–H groups in total. The number of amides is 2. The standard InChI is InChI=1S/C8H16BN2O5P.C8H20BN2O3P.C4H8O.CH4/c1-10(2)7(12)5-15-17(9-14)16-6-8(13)11(3)4;1-10(2)5-7-13-15(9-12)14-8-6-11(3)4;1-2-4-5-3-1;/h5-6H2,1-4H3;5-8H2,1-4H3;1-4H2;1H4. The van der Waals surface area contributed by atoms with Gasteiger partial charge in [-0.1, -0.05) is 7.43 Å². The zero-order valence-corrected chi connectivity index (χ0v) is 25.4. The summed E-state index contributed by atoms with van der Waals surface area (Å²) >= 11 is 0.